The fourth-order valence-corrected chi connectivity index (χ4v) is 2.15. The highest BCUT2D eigenvalue weighted by Gasteiger charge is 2.25. The van der Waals surface area contributed by atoms with E-state index < -0.39 is 5.82 Å². The summed E-state index contributed by atoms with van der Waals surface area (Å²) < 4.78 is 15.3. The first-order valence-electron chi connectivity index (χ1n) is 6.32. The zero-order valence-electron chi connectivity index (χ0n) is 11.7. The number of nitrogens with zero attached hydrogens (tertiary/aromatic N) is 3. The molecule has 1 heterocycles. The van der Waals surface area contributed by atoms with Crippen molar-refractivity contribution in [3.05, 3.63) is 41.5 Å². The Labute approximate surface area is 116 Å². The van der Waals surface area contributed by atoms with Gasteiger partial charge in [0.25, 0.3) is 5.91 Å². The van der Waals surface area contributed by atoms with Crippen molar-refractivity contribution in [3.8, 4) is 0 Å². The maximum Gasteiger partial charge on any atom is 0.278 e. The summed E-state index contributed by atoms with van der Waals surface area (Å²) in [4.78, 5) is 14.0. The Morgan fingerprint density at radius 3 is 2.60 bits per heavy atom. The molecule has 1 aromatic carbocycles. The lowest BCUT2D eigenvalue weighted by atomic mass is 10.2. The monoisotopic (exact) mass is 276 g/mol. The second-order valence-electron chi connectivity index (χ2n) is 4.47. The molecule has 1 amide bonds. The molecule has 0 fully saturated rings. The number of hydrogen-bond acceptors (Lipinski definition) is 3. The quantitative estimate of drug-likeness (QED) is 0.934. The van der Waals surface area contributed by atoms with Crippen LogP contribution >= 0.6 is 0 Å². The Hall–Kier alpha value is -2.37. The average Bonchev–Trinajstić information content (AvgIpc) is 2.66. The molecule has 0 aliphatic carbocycles. The number of nitrogen functional groups attached to an aromatic ring is 1. The van der Waals surface area contributed by atoms with E-state index in [0.717, 1.165) is 0 Å². The average molecular weight is 276 g/mol. The Kier molecular flexibility index (Phi) is 3.74. The summed E-state index contributed by atoms with van der Waals surface area (Å²) in [6.45, 7) is 3.85. The number of hydrogen-bond donors (Lipinski definition) is 1. The maximum absolute atomic E-state index is 13.9. The molecule has 0 aliphatic heterocycles. The van der Waals surface area contributed by atoms with Crippen molar-refractivity contribution in [2.45, 2.75) is 13.8 Å². The molecule has 6 heteroatoms. The normalized spacial score (nSPS) is 10.6. The fourth-order valence-electron chi connectivity index (χ4n) is 2.15. The predicted octanol–water partition coefficient (Wildman–Crippen LogP) is 2.12. The van der Waals surface area contributed by atoms with E-state index in [2.05, 4.69) is 5.10 Å². The highest BCUT2D eigenvalue weighted by atomic mass is 19.1. The van der Waals surface area contributed by atoms with Crippen molar-refractivity contribution in [1.82, 2.24) is 9.78 Å². The molecule has 5 nitrogen and oxygen atoms in total. The zero-order chi connectivity index (χ0) is 14.9. The van der Waals surface area contributed by atoms with Gasteiger partial charge in [-0.3, -0.25) is 9.48 Å². The van der Waals surface area contributed by atoms with Crippen molar-refractivity contribution in [1.29, 1.82) is 0 Å². The molecule has 0 saturated carbocycles. The van der Waals surface area contributed by atoms with Gasteiger partial charge in [-0.15, -0.1) is 0 Å². The van der Waals surface area contributed by atoms with Crippen LogP contribution < -0.4 is 10.6 Å². The molecule has 2 N–H and O–H groups in total. The molecule has 0 spiro atoms. The van der Waals surface area contributed by atoms with E-state index >= 15 is 0 Å². The van der Waals surface area contributed by atoms with Crippen molar-refractivity contribution in [2.75, 3.05) is 17.2 Å². The molecule has 0 aliphatic rings. The summed E-state index contributed by atoms with van der Waals surface area (Å²) in [6, 6.07) is 6.16. The Balaban J connectivity index is 2.47. The van der Waals surface area contributed by atoms with Crippen molar-refractivity contribution in [3.63, 3.8) is 0 Å². The third kappa shape index (κ3) is 2.24. The number of anilines is 2. The van der Waals surface area contributed by atoms with Crippen molar-refractivity contribution in [2.24, 2.45) is 7.05 Å². The summed E-state index contributed by atoms with van der Waals surface area (Å²) in [5.41, 5.74) is 7.30. The van der Waals surface area contributed by atoms with Gasteiger partial charge < -0.3 is 10.6 Å². The first-order chi connectivity index (χ1) is 9.47. The number of aromatic nitrogens is 2. The molecule has 0 radical (unpaired) electrons. The van der Waals surface area contributed by atoms with Crippen LogP contribution in [0.5, 0.6) is 0 Å². The first kappa shape index (κ1) is 14.0. The second kappa shape index (κ2) is 5.32. The Morgan fingerprint density at radius 1 is 1.45 bits per heavy atom. The van der Waals surface area contributed by atoms with Gasteiger partial charge in [0.05, 0.1) is 17.1 Å². The highest BCUT2D eigenvalue weighted by Crippen LogP contribution is 2.23. The fraction of sp³-hybridized carbons (Fsp3) is 0.286. The molecule has 20 heavy (non-hydrogen) atoms. The van der Waals surface area contributed by atoms with E-state index in [1.807, 2.05) is 0 Å². The van der Waals surface area contributed by atoms with Gasteiger partial charge >= 0.3 is 0 Å². The van der Waals surface area contributed by atoms with Gasteiger partial charge in [0.15, 0.2) is 0 Å². The molecule has 1 aromatic heterocycles. The van der Waals surface area contributed by atoms with Crippen LogP contribution in [0.2, 0.25) is 0 Å². The van der Waals surface area contributed by atoms with Crippen LogP contribution in [0.1, 0.15) is 23.1 Å². The molecule has 106 valence electrons. The van der Waals surface area contributed by atoms with Gasteiger partial charge in [-0.25, -0.2) is 4.39 Å². The van der Waals surface area contributed by atoms with Crippen LogP contribution in [-0.2, 0) is 7.05 Å². The van der Waals surface area contributed by atoms with Crippen molar-refractivity contribution >= 4 is 17.3 Å². The third-order valence-electron chi connectivity index (χ3n) is 3.18. The minimum Gasteiger partial charge on any atom is -0.395 e. The van der Waals surface area contributed by atoms with Gasteiger partial charge in [0.2, 0.25) is 0 Å². The van der Waals surface area contributed by atoms with Crippen LogP contribution in [0.15, 0.2) is 24.3 Å². The Bertz CT molecular complexity index is 651. The minimum atomic E-state index is -0.444. The number of benzene rings is 1. The number of rotatable bonds is 3. The lowest BCUT2D eigenvalue weighted by Gasteiger charge is -2.21. The largest absolute Gasteiger partial charge is 0.395 e. The van der Waals surface area contributed by atoms with Crippen LogP contribution in [0.3, 0.4) is 0 Å². The Morgan fingerprint density at radius 2 is 2.10 bits per heavy atom. The lowest BCUT2D eigenvalue weighted by Crippen LogP contribution is -2.33. The van der Waals surface area contributed by atoms with Gasteiger partial charge in [-0.2, -0.15) is 5.10 Å². The van der Waals surface area contributed by atoms with E-state index in [1.165, 1.54) is 15.6 Å². The van der Waals surface area contributed by atoms with Crippen LogP contribution in [0.4, 0.5) is 15.8 Å². The van der Waals surface area contributed by atoms with Crippen molar-refractivity contribution < 1.29 is 9.18 Å². The summed E-state index contributed by atoms with van der Waals surface area (Å²) in [5.74, 6) is -0.807. The van der Waals surface area contributed by atoms with Gasteiger partial charge in [0.1, 0.15) is 11.5 Å². The van der Waals surface area contributed by atoms with E-state index in [1.54, 1.807) is 39.1 Å². The predicted molar refractivity (Wildman–Crippen MR) is 76.1 cm³/mol. The second-order valence-corrected chi connectivity index (χ2v) is 4.47. The lowest BCUT2D eigenvalue weighted by molar-refractivity contribution is 0.0979. The summed E-state index contributed by atoms with van der Waals surface area (Å²) >= 11 is 0. The number of nitrogens with two attached hydrogens (primary N) is 1. The zero-order valence-corrected chi connectivity index (χ0v) is 11.7. The molecular formula is C14H17FN4O. The SMILES string of the molecule is CCN(C(=O)c1c(N)c(C)nn1C)c1ccccc1F. The van der Waals surface area contributed by atoms with E-state index in [-0.39, 0.29) is 17.3 Å². The number of carbonyl (C=O) groups is 1. The molecule has 0 unspecified atom stereocenters. The number of aryl methyl sites for hydroxylation is 2. The molecular weight excluding hydrogens is 259 g/mol. The van der Waals surface area contributed by atoms with Gasteiger partial charge in [-0.1, -0.05) is 12.1 Å². The topological polar surface area (TPSA) is 64.2 Å². The number of amides is 1. The van der Waals surface area contributed by atoms with E-state index in [0.29, 0.717) is 17.9 Å². The van der Waals surface area contributed by atoms with E-state index in [9.17, 15) is 9.18 Å². The molecule has 2 rings (SSSR count). The van der Waals surface area contributed by atoms with Gasteiger partial charge in [-0.05, 0) is 26.0 Å². The standard InChI is InChI=1S/C14H17FN4O/c1-4-19(11-8-6-5-7-10(11)15)14(20)13-12(16)9(2)17-18(13)3/h5-8H,4,16H2,1-3H3. The summed E-state index contributed by atoms with van der Waals surface area (Å²) in [6.07, 6.45) is 0. The number of halogens is 1. The first-order valence-corrected chi connectivity index (χ1v) is 6.32. The number of carbonyl (C=O) groups excluding carboxylic acids is 1. The smallest absolute Gasteiger partial charge is 0.278 e. The summed E-state index contributed by atoms with van der Waals surface area (Å²) in [7, 11) is 1.64. The minimum absolute atomic E-state index is 0.234. The van der Waals surface area contributed by atoms with Crippen LogP contribution in [0, 0.1) is 12.7 Å². The summed E-state index contributed by atoms with van der Waals surface area (Å²) in [5, 5.41) is 4.11. The van der Waals surface area contributed by atoms with Crippen LogP contribution in [-0.4, -0.2) is 22.2 Å². The highest BCUT2D eigenvalue weighted by molar-refractivity contribution is 6.08. The van der Waals surface area contributed by atoms with Gasteiger partial charge in [0, 0.05) is 13.6 Å². The van der Waals surface area contributed by atoms with Crippen LogP contribution in [0.25, 0.3) is 0 Å². The molecule has 0 atom stereocenters. The molecule has 0 saturated heterocycles. The molecule has 0 bridgehead atoms. The maximum atomic E-state index is 13.9. The number of para-hydroxylation sites is 1. The van der Waals surface area contributed by atoms with E-state index in [4.69, 9.17) is 5.73 Å². The molecule has 2 aromatic rings. The third-order valence-corrected chi connectivity index (χ3v) is 3.18.